The summed E-state index contributed by atoms with van der Waals surface area (Å²) in [6.45, 7) is 0.424. The summed E-state index contributed by atoms with van der Waals surface area (Å²) in [7, 11) is 0. The summed E-state index contributed by atoms with van der Waals surface area (Å²) in [5.41, 5.74) is 0. The van der Waals surface area contributed by atoms with Crippen molar-refractivity contribution in [2.24, 2.45) is 0 Å². The molecule has 0 bridgehead atoms. The number of hydrogen-bond donors (Lipinski definition) is 1. The lowest BCUT2D eigenvalue weighted by Crippen LogP contribution is -2.13. The summed E-state index contributed by atoms with van der Waals surface area (Å²) >= 11 is 0. The van der Waals surface area contributed by atoms with Gasteiger partial charge in [-0.2, -0.15) is 0 Å². The van der Waals surface area contributed by atoms with Gasteiger partial charge in [-0.05, 0) is 18.4 Å². The highest BCUT2D eigenvalue weighted by Crippen LogP contribution is 1.82. The Morgan fingerprint density at radius 2 is 2.38 bits per heavy atom. The van der Waals surface area contributed by atoms with Crippen LogP contribution < -0.4 is 5.32 Å². The lowest BCUT2D eigenvalue weighted by molar-refractivity contribution is -0.113. The van der Waals surface area contributed by atoms with Gasteiger partial charge < -0.3 is 5.32 Å². The zero-order chi connectivity index (χ0) is 5.82. The number of rotatable bonds is 0. The van der Waals surface area contributed by atoms with Crippen LogP contribution in [0.2, 0.25) is 0 Å². The van der Waals surface area contributed by atoms with E-state index >= 15 is 0 Å². The molecule has 1 rings (SSSR count). The normalized spacial score (nSPS) is 17.8. The summed E-state index contributed by atoms with van der Waals surface area (Å²) in [5, 5.41) is 2.80. The predicted molar refractivity (Wildman–Crippen MR) is 31.3 cm³/mol. The maximum Gasteiger partial charge on any atom is 0.174 e. The molecule has 2 nitrogen and oxygen atoms in total. The number of hydrogen-bond acceptors (Lipinski definition) is 2. The first-order valence-electron chi connectivity index (χ1n) is 2.49. The van der Waals surface area contributed by atoms with E-state index in [4.69, 9.17) is 0 Å². The second-order valence-electron chi connectivity index (χ2n) is 1.57. The number of ketones is 1. The lowest BCUT2D eigenvalue weighted by Gasteiger charge is -1.88. The average Bonchev–Trinajstić information content (AvgIpc) is 1.94. The van der Waals surface area contributed by atoms with Crippen LogP contribution in [0.1, 0.15) is 0 Å². The molecule has 1 heterocycles. The minimum atomic E-state index is 0.120. The predicted octanol–water partition coefficient (Wildman–Crippen LogP) is 0.229. The van der Waals surface area contributed by atoms with Gasteiger partial charge in [-0.1, -0.05) is 6.08 Å². The largest absolute Gasteiger partial charge is 0.383 e. The van der Waals surface area contributed by atoms with E-state index in [1.165, 1.54) is 0 Å². The molecule has 0 aliphatic carbocycles. The van der Waals surface area contributed by atoms with Crippen LogP contribution in [0.3, 0.4) is 0 Å². The fourth-order valence-corrected chi connectivity index (χ4v) is 0.505. The number of allylic oxidation sites excluding steroid dienone is 2. The fourth-order valence-electron chi connectivity index (χ4n) is 0.505. The Hall–Kier alpha value is -1.05. The van der Waals surface area contributed by atoms with E-state index in [0.717, 1.165) is 0 Å². The third-order valence-corrected chi connectivity index (χ3v) is 0.884. The fraction of sp³-hybridized carbons (Fsp3) is 0.167. The Morgan fingerprint density at radius 3 is 3.25 bits per heavy atom. The Labute approximate surface area is 47.9 Å². The summed E-state index contributed by atoms with van der Waals surface area (Å²) < 4.78 is 0. The number of carbonyl (C=O) groups excluding carboxylic acids is 1. The van der Waals surface area contributed by atoms with Crippen LogP contribution in [0.15, 0.2) is 24.4 Å². The maximum atomic E-state index is 10.5. The molecule has 0 fully saturated rings. The van der Waals surface area contributed by atoms with Gasteiger partial charge in [0.2, 0.25) is 0 Å². The smallest absolute Gasteiger partial charge is 0.174 e. The molecule has 0 atom stereocenters. The summed E-state index contributed by atoms with van der Waals surface area (Å²) in [5.74, 6) is 0.120. The molecule has 0 aromatic rings. The van der Waals surface area contributed by atoms with Gasteiger partial charge in [0.15, 0.2) is 5.78 Å². The van der Waals surface area contributed by atoms with Crippen molar-refractivity contribution in [3.8, 4) is 0 Å². The minimum Gasteiger partial charge on any atom is -0.383 e. The highest BCUT2D eigenvalue weighted by molar-refractivity contribution is 5.91. The highest BCUT2D eigenvalue weighted by atomic mass is 16.1. The molecule has 8 heavy (non-hydrogen) atoms. The minimum absolute atomic E-state index is 0.120. The van der Waals surface area contributed by atoms with Gasteiger partial charge in [0.1, 0.15) is 0 Å². The van der Waals surface area contributed by atoms with Gasteiger partial charge in [-0.15, -0.1) is 0 Å². The molecule has 1 aliphatic rings. The molecule has 0 unspecified atom stereocenters. The van der Waals surface area contributed by atoms with Crippen molar-refractivity contribution >= 4 is 5.78 Å². The molecule has 0 saturated carbocycles. The topological polar surface area (TPSA) is 29.1 Å². The third kappa shape index (κ3) is 1.22. The van der Waals surface area contributed by atoms with Crippen molar-refractivity contribution in [1.82, 2.24) is 5.32 Å². The quantitative estimate of drug-likeness (QED) is 0.482. The first-order chi connectivity index (χ1) is 3.89. The molecule has 1 aliphatic heterocycles. The van der Waals surface area contributed by atoms with E-state index in [-0.39, 0.29) is 5.78 Å². The SMILES string of the molecule is O=C1C=CC=CNC1. The standard InChI is InChI=1S/C6H7NO/c8-6-3-1-2-4-7-5-6/h1-4,7H,5H2. The molecule has 0 saturated heterocycles. The molecule has 0 amide bonds. The van der Waals surface area contributed by atoms with E-state index in [2.05, 4.69) is 5.32 Å². The molecule has 2 heteroatoms. The molecular formula is C6H7NO. The van der Waals surface area contributed by atoms with E-state index in [0.29, 0.717) is 6.54 Å². The number of nitrogens with one attached hydrogen (secondary N) is 1. The second-order valence-corrected chi connectivity index (χ2v) is 1.57. The van der Waals surface area contributed by atoms with Gasteiger partial charge in [0.05, 0.1) is 6.54 Å². The van der Waals surface area contributed by atoms with E-state index in [1.54, 1.807) is 24.4 Å². The average molecular weight is 109 g/mol. The van der Waals surface area contributed by atoms with Crippen molar-refractivity contribution in [2.45, 2.75) is 0 Å². The first-order valence-corrected chi connectivity index (χ1v) is 2.49. The monoisotopic (exact) mass is 109 g/mol. The van der Waals surface area contributed by atoms with Crippen LogP contribution in [0, 0.1) is 0 Å². The van der Waals surface area contributed by atoms with E-state index < -0.39 is 0 Å². The van der Waals surface area contributed by atoms with Crippen molar-refractivity contribution in [1.29, 1.82) is 0 Å². The van der Waals surface area contributed by atoms with E-state index in [1.807, 2.05) is 0 Å². The number of carbonyl (C=O) groups is 1. The Morgan fingerprint density at radius 1 is 1.50 bits per heavy atom. The maximum absolute atomic E-state index is 10.5. The summed E-state index contributed by atoms with van der Waals surface area (Å²) in [4.78, 5) is 10.5. The molecule has 0 radical (unpaired) electrons. The third-order valence-electron chi connectivity index (χ3n) is 0.884. The van der Waals surface area contributed by atoms with Crippen molar-refractivity contribution in [3.05, 3.63) is 24.4 Å². The first kappa shape index (κ1) is 5.09. The molecular weight excluding hydrogens is 102 g/mol. The summed E-state index contributed by atoms with van der Waals surface area (Å²) in [6, 6.07) is 0. The second kappa shape index (κ2) is 2.31. The van der Waals surface area contributed by atoms with Crippen LogP contribution in [0.5, 0.6) is 0 Å². The molecule has 0 spiro atoms. The van der Waals surface area contributed by atoms with Gasteiger partial charge in [0, 0.05) is 0 Å². The van der Waals surface area contributed by atoms with Crippen LogP contribution in [0.4, 0.5) is 0 Å². The molecule has 1 N–H and O–H groups in total. The Bertz CT molecular complexity index is 147. The Kier molecular flexibility index (Phi) is 1.47. The Balaban J connectivity index is 2.58. The zero-order valence-corrected chi connectivity index (χ0v) is 4.42. The zero-order valence-electron chi connectivity index (χ0n) is 4.42. The highest BCUT2D eigenvalue weighted by Gasteiger charge is 1.92. The molecule has 0 aromatic carbocycles. The molecule has 0 aromatic heterocycles. The van der Waals surface area contributed by atoms with Crippen LogP contribution in [0.25, 0.3) is 0 Å². The van der Waals surface area contributed by atoms with E-state index in [9.17, 15) is 4.79 Å². The molecule has 42 valence electrons. The van der Waals surface area contributed by atoms with Crippen molar-refractivity contribution in [3.63, 3.8) is 0 Å². The van der Waals surface area contributed by atoms with Crippen LogP contribution in [-0.4, -0.2) is 12.3 Å². The lowest BCUT2D eigenvalue weighted by atomic mass is 10.4. The summed E-state index contributed by atoms with van der Waals surface area (Å²) in [6.07, 6.45) is 6.82. The van der Waals surface area contributed by atoms with Gasteiger partial charge >= 0.3 is 0 Å². The van der Waals surface area contributed by atoms with Gasteiger partial charge in [0.25, 0.3) is 0 Å². The van der Waals surface area contributed by atoms with Crippen molar-refractivity contribution < 1.29 is 4.79 Å². The van der Waals surface area contributed by atoms with Crippen LogP contribution >= 0.6 is 0 Å². The van der Waals surface area contributed by atoms with Gasteiger partial charge in [-0.25, -0.2) is 0 Å². The van der Waals surface area contributed by atoms with Crippen LogP contribution in [-0.2, 0) is 4.79 Å². The van der Waals surface area contributed by atoms with Crippen molar-refractivity contribution in [2.75, 3.05) is 6.54 Å². The van der Waals surface area contributed by atoms with Gasteiger partial charge in [-0.3, -0.25) is 4.79 Å².